The second-order valence-electron chi connectivity index (χ2n) is 5.19. The van der Waals surface area contributed by atoms with Gasteiger partial charge in [0.15, 0.2) is 0 Å². The van der Waals surface area contributed by atoms with Crippen molar-refractivity contribution in [1.29, 1.82) is 0 Å². The van der Waals surface area contributed by atoms with Crippen molar-refractivity contribution in [2.24, 2.45) is 0 Å². The van der Waals surface area contributed by atoms with Gasteiger partial charge in [0, 0.05) is 25.7 Å². The van der Waals surface area contributed by atoms with Gasteiger partial charge in [-0.1, -0.05) is 36.4 Å². The molecule has 0 aromatic heterocycles. The van der Waals surface area contributed by atoms with Gasteiger partial charge in [-0.2, -0.15) is 0 Å². The molecule has 1 heterocycles. The lowest BCUT2D eigenvalue weighted by Crippen LogP contribution is -2.29. The average molecular weight is 277 g/mol. The number of nitrogens with one attached hydrogen (secondary N) is 1. The molecule has 1 aliphatic heterocycles. The van der Waals surface area contributed by atoms with Crippen molar-refractivity contribution in [3.8, 4) is 0 Å². The molecule has 2 nitrogen and oxygen atoms in total. The Kier molecular flexibility index (Phi) is 4.81. The van der Waals surface area contributed by atoms with Crippen molar-refractivity contribution in [1.82, 2.24) is 10.2 Å². The smallest absolute Gasteiger partial charge is 0.0234 e. The minimum absolute atomic E-state index is 0. The molecule has 0 radical (unpaired) electrons. The zero-order valence-electron chi connectivity index (χ0n) is 11.3. The van der Waals surface area contributed by atoms with Gasteiger partial charge in [0.2, 0.25) is 0 Å². The zero-order chi connectivity index (χ0) is 12.4. The summed E-state index contributed by atoms with van der Waals surface area (Å²) in [4.78, 5) is 2.53. The van der Waals surface area contributed by atoms with Gasteiger partial charge in [-0.3, -0.25) is 4.90 Å². The highest BCUT2D eigenvalue weighted by Crippen LogP contribution is 2.18. The van der Waals surface area contributed by atoms with Gasteiger partial charge in [0.1, 0.15) is 0 Å². The van der Waals surface area contributed by atoms with E-state index < -0.39 is 0 Å². The fraction of sp³-hybridized carbons (Fsp3) is 0.375. The number of rotatable bonds is 3. The maximum Gasteiger partial charge on any atom is 0.0234 e. The van der Waals surface area contributed by atoms with Crippen LogP contribution in [0.1, 0.15) is 12.0 Å². The van der Waals surface area contributed by atoms with Gasteiger partial charge in [0.25, 0.3) is 0 Å². The number of likely N-dealkylation sites (tertiary alicyclic amines) is 1. The van der Waals surface area contributed by atoms with E-state index in [2.05, 4.69) is 59.7 Å². The highest BCUT2D eigenvalue weighted by Gasteiger charge is 2.20. The van der Waals surface area contributed by atoms with Gasteiger partial charge >= 0.3 is 0 Å². The largest absolute Gasteiger partial charge is 0.316 e. The minimum Gasteiger partial charge on any atom is -0.316 e. The minimum atomic E-state index is 0. The fourth-order valence-corrected chi connectivity index (χ4v) is 2.81. The number of likely N-dealkylation sites (N-methyl/N-ethyl adjacent to an activating group) is 1. The zero-order valence-corrected chi connectivity index (χ0v) is 12.1. The number of nitrogens with zero attached hydrogens (tertiary/aromatic N) is 1. The Hall–Kier alpha value is -1.09. The molecule has 0 bridgehead atoms. The molecule has 0 spiro atoms. The summed E-state index contributed by atoms with van der Waals surface area (Å²) in [5.41, 5.74) is 1.42. The van der Waals surface area contributed by atoms with Crippen molar-refractivity contribution in [2.45, 2.75) is 19.0 Å². The van der Waals surface area contributed by atoms with Gasteiger partial charge in [-0.15, -0.1) is 12.4 Å². The molecule has 2 aromatic carbocycles. The number of benzene rings is 2. The summed E-state index contributed by atoms with van der Waals surface area (Å²) >= 11 is 0. The molecule has 19 heavy (non-hydrogen) atoms. The summed E-state index contributed by atoms with van der Waals surface area (Å²) in [5.74, 6) is 0. The van der Waals surface area contributed by atoms with E-state index in [1.54, 1.807) is 0 Å². The highest BCUT2D eigenvalue weighted by atomic mass is 35.5. The van der Waals surface area contributed by atoms with Crippen LogP contribution in [0.2, 0.25) is 0 Å². The second kappa shape index (κ2) is 6.38. The van der Waals surface area contributed by atoms with E-state index in [1.165, 1.54) is 35.8 Å². The molecule has 0 aliphatic carbocycles. The Balaban J connectivity index is 0.00000133. The summed E-state index contributed by atoms with van der Waals surface area (Å²) in [6.45, 7) is 3.45. The molecule has 1 fully saturated rings. The van der Waals surface area contributed by atoms with Crippen LogP contribution in [-0.2, 0) is 6.54 Å². The van der Waals surface area contributed by atoms with Crippen molar-refractivity contribution >= 4 is 23.2 Å². The molecule has 2 aromatic rings. The third kappa shape index (κ3) is 3.27. The van der Waals surface area contributed by atoms with Crippen molar-refractivity contribution in [2.75, 3.05) is 20.1 Å². The van der Waals surface area contributed by atoms with Crippen LogP contribution in [0.15, 0.2) is 42.5 Å². The molecular formula is C16H21ClN2. The molecule has 0 saturated carbocycles. The predicted molar refractivity (Wildman–Crippen MR) is 83.9 cm³/mol. The predicted octanol–water partition coefficient (Wildman–Crippen LogP) is 3.06. The maximum atomic E-state index is 3.37. The van der Waals surface area contributed by atoms with Crippen LogP contribution in [0.3, 0.4) is 0 Å². The summed E-state index contributed by atoms with van der Waals surface area (Å²) in [6.07, 6.45) is 1.27. The monoisotopic (exact) mass is 276 g/mol. The number of halogens is 1. The molecule has 3 rings (SSSR count). The maximum absolute atomic E-state index is 3.37. The van der Waals surface area contributed by atoms with Crippen LogP contribution in [0.25, 0.3) is 10.8 Å². The van der Waals surface area contributed by atoms with Crippen molar-refractivity contribution < 1.29 is 0 Å². The van der Waals surface area contributed by atoms with Crippen LogP contribution in [0.5, 0.6) is 0 Å². The normalized spacial score (nSPS) is 19.5. The summed E-state index contributed by atoms with van der Waals surface area (Å²) in [5, 5.41) is 6.04. The van der Waals surface area contributed by atoms with E-state index in [4.69, 9.17) is 0 Å². The van der Waals surface area contributed by atoms with Crippen LogP contribution in [0, 0.1) is 0 Å². The highest BCUT2D eigenvalue weighted by molar-refractivity contribution is 5.85. The first-order valence-electron chi connectivity index (χ1n) is 6.72. The summed E-state index contributed by atoms with van der Waals surface area (Å²) in [7, 11) is 2.06. The Morgan fingerprint density at radius 2 is 1.95 bits per heavy atom. The molecule has 3 heteroatoms. The van der Waals surface area contributed by atoms with E-state index in [-0.39, 0.29) is 12.4 Å². The van der Waals surface area contributed by atoms with Crippen LogP contribution in [0.4, 0.5) is 0 Å². The van der Waals surface area contributed by atoms with E-state index in [9.17, 15) is 0 Å². The van der Waals surface area contributed by atoms with Crippen LogP contribution < -0.4 is 5.32 Å². The molecular weight excluding hydrogens is 256 g/mol. The Labute approximate surface area is 121 Å². The lowest BCUT2D eigenvalue weighted by molar-refractivity contribution is 0.322. The Bertz CT molecular complexity index is 541. The molecule has 1 unspecified atom stereocenters. The Morgan fingerprint density at radius 1 is 1.16 bits per heavy atom. The molecule has 0 amide bonds. The van der Waals surface area contributed by atoms with Gasteiger partial charge < -0.3 is 5.32 Å². The number of fused-ring (bicyclic) bond motifs is 1. The quantitative estimate of drug-likeness (QED) is 0.927. The first-order chi connectivity index (χ1) is 8.85. The summed E-state index contributed by atoms with van der Waals surface area (Å²) < 4.78 is 0. The standard InChI is InChI=1S/C16H20N2.ClH/c1-17-16-8-9-18(12-16)11-13-6-7-14-4-2-3-5-15(14)10-13;/h2-7,10,16-17H,8-9,11-12H2,1H3;1H. The third-order valence-electron chi connectivity index (χ3n) is 3.90. The second-order valence-corrected chi connectivity index (χ2v) is 5.19. The van der Waals surface area contributed by atoms with Gasteiger partial charge in [0.05, 0.1) is 0 Å². The molecule has 1 atom stereocenters. The van der Waals surface area contributed by atoms with E-state index in [0.29, 0.717) is 6.04 Å². The third-order valence-corrected chi connectivity index (χ3v) is 3.90. The van der Waals surface area contributed by atoms with E-state index in [0.717, 1.165) is 6.54 Å². The van der Waals surface area contributed by atoms with E-state index >= 15 is 0 Å². The summed E-state index contributed by atoms with van der Waals surface area (Å²) in [6, 6.07) is 16.1. The van der Waals surface area contributed by atoms with Gasteiger partial charge in [-0.05, 0) is 35.9 Å². The van der Waals surface area contributed by atoms with Crippen LogP contribution in [-0.4, -0.2) is 31.1 Å². The average Bonchev–Trinajstić information content (AvgIpc) is 2.86. The Morgan fingerprint density at radius 3 is 2.68 bits per heavy atom. The number of hydrogen-bond donors (Lipinski definition) is 1. The molecule has 1 saturated heterocycles. The van der Waals surface area contributed by atoms with Crippen LogP contribution >= 0.6 is 12.4 Å². The topological polar surface area (TPSA) is 15.3 Å². The lowest BCUT2D eigenvalue weighted by atomic mass is 10.1. The van der Waals surface area contributed by atoms with Gasteiger partial charge in [-0.25, -0.2) is 0 Å². The first-order valence-corrected chi connectivity index (χ1v) is 6.72. The van der Waals surface area contributed by atoms with Crippen molar-refractivity contribution in [3.63, 3.8) is 0 Å². The molecule has 1 aliphatic rings. The fourth-order valence-electron chi connectivity index (χ4n) is 2.81. The SMILES string of the molecule is CNC1CCN(Cc2ccc3ccccc3c2)C1.Cl. The number of hydrogen-bond acceptors (Lipinski definition) is 2. The van der Waals surface area contributed by atoms with E-state index in [1.807, 2.05) is 0 Å². The van der Waals surface area contributed by atoms with Crippen molar-refractivity contribution in [3.05, 3.63) is 48.0 Å². The first kappa shape index (κ1) is 14.3. The lowest BCUT2D eigenvalue weighted by Gasteiger charge is -2.16. The molecule has 1 N–H and O–H groups in total. The molecule has 102 valence electrons.